The number of rotatable bonds is 10. The van der Waals surface area contributed by atoms with Crippen LogP contribution in [0.4, 0.5) is 5.69 Å². The van der Waals surface area contributed by atoms with E-state index in [1.165, 1.54) is 18.4 Å². The first-order valence-electron chi connectivity index (χ1n) is 11.0. The predicted molar refractivity (Wildman–Crippen MR) is 131 cm³/mol. The van der Waals surface area contributed by atoms with Gasteiger partial charge < -0.3 is 14.8 Å². The van der Waals surface area contributed by atoms with E-state index in [0.29, 0.717) is 28.7 Å². The van der Waals surface area contributed by atoms with E-state index in [1.807, 2.05) is 56.3 Å². The standard InChI is InChI=1S/C27H30ClNO3/c1-4-6-7-20-8-11-23(12-9-20)29-27(30)21-10-15-26(31-5-2)22(17-21)18-32-24-13-14-25(28)19(3)16-24/h8-17H,4-7,18H2,1-3H3,(H,29,30). The molecule has 0 aliphatic rings. The molecule has 0 aromatic heterocycles. The molecule has 0 bridgehead atoms. The molecule has 0 radical (unpaired) electrons. The molecular formula is C27H30ClNO3. The van der Waals surface area contributed by atoms with E-state index >= 15 is 0 Å². The lowest BCUT2D eigenvalue weighted by Crippen LogP contribution is -2.13. The van der Waals surface area contributed by atoms with Crippen molar-refractivity contribution in [2.24, 2.45) is 0 Å². The number of anilines is 1. The maximum absolute atomic E-state index is 12.8. The molecule has 0 spiro atoms. The number of amides is 1. The van der Waals surface area contributed by atoms with Gasteiger partial charge in [0.05, 0.1) is 6.61 Å². The van der Waals surface area contributed by atoms with Crippen molar-refractivity contribution >= 4 is 23.2 Å². The summed E-state index contributed by atoms with van der Waals surface area (Å²) in [7, 11) is 0. The third-order valence-electron chi connectivity index (χ3n) is 5.18. The molecular weight excluding hydrogens is 422 g/mol. The van der Waals surface area contributed by atoms with Gasteiger partial charge in [0.2, 0.25) is 0 Å². The summed E-state index contributed by atoms with van der Waals surface area (Å²) in [5.74, 6) is 1.25. The molecule has 0 atom stereocenters. The van der Waals surface area contributed by atoms with Crippen molar-refractivity contribution in [1.29, 1.82) is 0 Å². The van der Waals surface area contributed by atoms with Gasteiger partial charge in [0, 0.05) is 21.8 Å². The number of ether oxygens (including phenoxy) is 2. The van der Waals surface area contributed by atoms with E-state index in [4.69, 9.17) is 21.1 Å². The average molecular weight is 452 g/mol. The molecule has 3 rings (SSSR count). The largest absolute Gasteiger partial charge is 0.493 e. The minimum absolute atomic E-state index is 0.169. The molecule has 168 valence electrons. The van der Waals surface area contributed by atoms with E-state index in [2.05, 4.69) is 24.4 Å². The molecule has 0 fully saturated rings. The van der Waals surface area contributed by atoms with Crippen LogP contribution < -0.4 is 14.8 Å². The van der Waals surface area contributed by atoms with Crippen molar-refractivity contribution in [1.82, 2.24) is 0 Å². The average Bonchev–Trinajstić information content (AvgIpc) is 2.80. The number of benzene rings is 3. The zero-order valence-corrected chi connectivity index (χ0v) is 19.7. The lowest BCUT2D eigenvalue weighted by atomic mass is 10.1. The zero-order valence-electron chi connectivity index (χ0n) is 18.9. The summed E-state index contributed by atoms with van der Waals surface area (Å²) in [5, 5.41) is 3.67. The summed E-state index contributed by atoms with van der Waals surface area (Å²) >= 11 is 6.10. The van der Waals surface area contributed by atoms with Gasteiger partial charge in [-0.25, -0.2) is 0 Å². The Bertz CT molecular complexity index is 1050. The molecule has 0 aliphatic carbocycles. The summed E-state index contributed by atoms with van der Waals surface area (Å²) in [4.78, 5) is 12.8. The molecule has 5 heteroatoms. The van der Waals surface area contributed by atoms with Crippen LogP contribution in [0.2, 0.25) is 5.02 Å². The highest BCUT2D eigenvalue weighted by Gasteiger charge is 2.12. The van der Waals surface area contributed by atoms with Crippen LogP contribution >= 0.6 is 11.6 Å². The van der Waals surface area contributed by atoms with Gasteiger partial charge in [0.15, 0.2) is 0 Å². The summed E-state index contributed by atoms with van der Waals surface area (Å²) in [6, 6.07) is 19.0. The van der Waals surface area contributed by atoms with Crippen molar-refractivity contribution in [3.63, 3.8) is 0 Å². The minimum Gasteiger partial charge on any atom is -0.493 e. The van der Waals surface area contributed by atoms with Crippen LogP contribution in [-0.4, -0.2) is 12.5 Å². The second-order valence-electron chi connectivity index (χ2n) is 7.71. The van der Waals surface area contributed by atoms with Crippen molar-refractivity contribution < 1.29 is 14.3 Å². The van der Waals surface area contributed by atoms with E-state index in [9.17, 15) is 4.79 Å². The summed E-state index contributed by atoms with van der Waals surface area (Å²) in [6.07, 6.45) is 3.39. The summed E-state index contributed by atoms with van der Waals surface area (Å²) < 4.78 is 11.7. The first kappa shape index (κ1) is 23.7. The SMILES string of the molecule is CCCCc1ccc(NC(=O)c2ccc(OCC)c(COc3ccc(Cl)c(C)c3)c2)cc1. The van der Waals surface area contributed by atoms with E-state index in [1.54, 1.807) is 6.07 Å². The molecule has 4 nitrogen and oxygen atoms in total. The number of halogens is 1. The van der Waals surface area contributed by atoms with Crippen LogP contribution in [-0.2, 0) is 13.0 Å². The second-order valence-corrected chi connectivity index (χ2v) is 8.12. The smallest absolute Gasteiger partial charge is 0.255 e. The Hall–Kier alpha value is -2.98. The van der Waals surface area contributed by atoms with Crippen LogP contribution in [0.15, 0.2) is 60.7 Å². The maximum Gasteiger partial charge on any atom is 0.255 e. The molecule has 3 aromatic rings. The Morgan fingerprint density at radius 2 is 1.75 bits per heavy atom. The highest BCUT2D eigenvalue weighted by Crippen LogP contribution is 2.26. The van der Waals surface area contributed by atoms with Crippen molar-refractivity contribution in [2.45, 2.75) is 46.6 Å². The maximum atomic E-state index is 12.8. The van der Waals surface area contributed by atoms with Gasteiger partial charge in [0.25, 0.3) is 5.91 Å². The van der Waals surface area contributed by atoms with Gasteiger partial charge in [0.1, 0.15) is 18.1 Å². The number of hydrogen-bond acceptors (Lipinski definition) is 3. The number of carbonyl (C=O) groups excluding carboxylic acids is 1. The number of hydrogen-bond donors (Lipinski definition) is 1. The van der Waals surface area contributed by atoms with Crippen LogP contribution in [0.3, 0.4) is 0 Å². The van der Waals surface area contributed by atoms with Gasteiger partial charge in [-0.05, 0) is 86.3 Å². The number of aryl methyl sites for hydroxylation is 2. The molecule has 0 saturated heterocycles. The van der Waals surface area contributed by atoms with Gasteiger partial charge >= 0.3 is 0 Å². The van der Waals surface area contributed by atoms with E-state index in [0.717, 1.165) is 23.2 Å². The van der Waals surface area contributed by atoms with Crippen molar-refractivity contribution in [3.05, 3.63) is 87.9 Å². The molecule has 0 aliphatic heterocycles. The van der Waals surface area contributed by atoms with Crippen molar-refractivity contribution in [3.8, 4) is 11.5 Å². The first-order valence-corrected chi connectivity index (χ1v) is 11.4. The predicted octanol–water partition coefficient (Wildman–Crippen LogP) is 7.22. The monoisotopic (exact) mass is 451 g/mol. The topological polar surface area (TPSA) is 47.6 Å². The quantitative estimate of drug-likeness (QED) is 0.354. The summed E-state index contributed by atoms with van der Waals surface area (Å²) in [6.45, 7) is 6.86. The Morgan fingerprint density at radius 3 is 2.44 bits per heavy atom. The van der Waals surface area contributed by atoms with Gasteiger partial charge in [-0.3, -0.25) is 4.79 Å². The third kappa shape index (κ3) is 6.51. The molecule has 32 heavy (non-hydrogen) atoms. The van der Waals surface area contributed by atoms with Gasteiger partial charge in [-0.1, -0.05) is 37.1 Å². The normalized spacial score (nSPS) is 10.6. The van der Waals surface area contributed by atoms with Gasteiger partial charge in [-0.15, -0.1) is 0 Å². The highest BCUT2D eigenvalue weighted by molar-refractivity contribution is 6.31. The Labute approximate surface area is 195 Å². The Balaban J connectivity index is 1.72. The fourth-order valence-electron chi connectivity index (χ4n) is 3.34. The fraction of sp³-hybridized carbons (Fsp3) is 0.296. The van der Waals surface area contributed by atoms with Crippen molar-refractivity contribution in [2.75, 3.05) is 11.9 Å². The lowest BCUT2D eigenvalue weighted by Gasteiger charge is -2.14. The molecule has 0 heterocycles. The molecule has 0 unspecified atom stereocenters. The minimum atomic E-state index is -0.169. The molecule has 0 saturated carbocycles. The molecule has 1 amide bonds. The molecule has 1 N–H and O–H groups in total. The van der Waals surface area contributed by atoms with Crippen LogP contribution in [0.1, 0.15) is 53.7 Å². The van der Waals surface area contributed by atoms with Crippen LogP contribution in [0.25, 0.3) is 0 Å². The third-order valence-corrected chi connectivity index (χ3v) is 5.60. The Morgan fingerprint density at radius 1 is 0.969 bits per heavy atom. The van der Waals surface area contributed by atoms with E-state index < -0.39 is 0 Å². The first-order chi connectivity index (χ1) is 15.5. The fourth-order valence-corrected chi connectivity index (χ4v) is 3.45. The number of nitrogens with one attached hydrogen (secondary N) is 1. The Kier molecular flexibility index (Phi) is 8.57. The second kappa shape index (κ2) is 11.6. The number of unbranched alkanes of at least 4 members (excludes halogenated alkanes) is 1. The van der Waals surface area contributed by atoms with Gasteiger partial charge in [-0.2, -0.15) is 0 Å². The van der Waals surface area contributed by atoms with Crippen LogP contribution in [0, 0.1) is 6.92 Å². The lowest BCUT2D eigenvalue weighted by molar-refractivity contribution is 0.102. The van der Waals surface area contributed by atoms with E-state index in [-0.39, 0.29) is 12.5 Å². The van der Waals surface area contributed by atoms with Crippen LogP contribution in [0.5, 0.6) is 11.5 Å². The number of carbonyl (C=O) groups is 1. The zero-order chi connectivity index (χ0) is 22.9. The highest BCUT2D eigenvalue weighted by atomic mass is 35.5. The molecule has 3 aromatic carbocycles. The summed E-state index contributed by atoms with van der Waals surface area (Å²) in [5.41, 5.74) is 4.36.